The van der Waals surface area contributed by atoms with Gasteiger partial charge in [0.2, 0.25) is 0 Å². The molecule has 2 aromatic rings. The molecular formula is C19H26N2O3S2. The first-order valence-corrected chi connectivity index (χ1v) is 11.2. The molecule has 0 radical (unpaired) electrons. The van der Waals surface area contributed by atoms with Gasteiger partial charge in [-0.2, -0.15) is 4.31 Å². The Balaban J connectivity index is 1.46. The van der Waals surface area contributed by atoms with Gasteiger partial charge in [-0.05, 0) is 56.1 Å². The van der Waals surface area contributed by atoms with Crippen molar-refractivity contribution in [2.45, 2.75) is 24.0 Å². The van der Waals surface area contributed by atoms with E-state index >= 15 is 0 Å². The number of hydrogen-bond acceptors (Lipinski definition) is 5. The molecule has 1 aliphatic rings. The van der Waals surface area contributed by atoms with Crippen molar-refractivity contribution >= 4 is 21.4 Å². The first-order chi connectivity index (χ1) is 12.5. The Morgan fingerprint density at radius 2 is 1.88 bits per heavy atom. The van der Waals surface area contributed by atoms with Crippen molar-refractivity contribution < 1.29 is 13.2 Å². The maximum absolute atomic E-state index is 12.7. The lowest BCUT2D eigenvalue weighted by Gasteiger charge is -2.33. The van der Waals surface area contributed by atoms with Gasteiger partial charge in [0, 0.05) is 31.1 Å². The van der Waals surface area contributed by atoms with Crippen LogP contribution in [-0.4, -0.2) is 57.5 Å². The second-order valence-electron chi connectivity index (χ2n) is 6.57. The smallest absolute Gasteiger partial charge is 0.252 e. The molecular weight excluding hydrogens is 368 g/mol. The van der Waals surface area contributed by atoms with Crippen molar-refractivity contribution in [3.05, 3.63) is 46.8 Å². The van der Waals surface area contributed by atoms with Crippen LogP contribution in [0.15, 0.2) is 40.6 Å². The summed E-state index contributed by atoms with van der Waals surface area (Å²) in [5.41, 5.74) is 1.28. The fourth-order valence-corrected chi connectivity index (χ4v) is 6.07. The van der Waals surface area contributed by atoms with Crippen molar-refractivity contribution in [3.63, 3.8) is 0 Å². The maximum atomic E-state index is 12.7. The molecule has 0 saturated carbocycles. The molecule has 142 valence electrons. The summed E-state index contributed by atoms with van der Waals surface area (Å²) < 4.78 is 32.7. The van der Waals surface area contributed by atoms with Crippen LogP contribution in [0.1, 0.15) is 16.9 Å². The predicted octanol–water partition coefficient (Wildman–Crippen LogP) is 3.00. The quantitative estimate of drug-likeness (QED) is 0.724. The summed E-state index contributed by atoms with van der Waals surface area (Å²) in [6.45, 7) is 5.65. The second kappa shape index (κ2) is 8.52. The Morgan fingerprint density at radius 1 is 1.12 bits per heavy atom. The zero-order valence-electron chi connectivity index (χ0n) is 15.3. The number of aryl methyl sites for hydroxylation is 2. The highest BCUT2D eigenvalue weighted by atomic mass is 32.2. The molecule has 0 amide bonds. The number of methoxy groups -OCH3 is 1. The van der Waals surface area contributed by atoms with Gasteiger partial charge in [-0.1, -0.05) is 12.1 Å². The number of hydrogen-bond donors (Lipinski definition) is 0. The van der Waals surface area contributed by atoms with Crippen LogP contribution in [0.5, 0.6) is 5.75 Å². The van der Waals surface area contributed by atoms with Crippen LogP contribution in [0.25, 0.3) is 0 Å². The molecule has 1 aromatic heterocycles. The number of thiophene rings is 1. The van der Waals surface area contributed by atoms with E-state index < -0.39 is 10.0 Å². The molecule has 26 heavy (non-hydrogen) atoms. The molecule has 0 atom stereocenters. The van der Waals surface area contributed by atoms with Gasteiger partial charge in [0.1, 0.15) is 9.96 Å². The van der Waals surface area contributed by atoms with Crippen molar-refractivity contribution in [1.29, 1.82) is 0 Å². The molecule has 3 rings (SSSR count). The SMILES string of the molecule is COc1cccc(CCCN2CCN(S(=O)(=O)c3ccc(C)s3)CC2)c1. The molecule has 1 aliphatic heterocycles. The minimum absolute atomic E-state index is 0.460. The average Bonchev–Trinajstić information content (AvgIpc) is 3.10. The van der Waals surface area contributed by atoms with Crippen LogP contribution >= 0.6 is 11.3 Å². The van der Waals surface area contributed by atoms with E-state index in [2.05, 4.69) is 17.0 Å². The number of rotatable bonds is 7. The zero-order chi connectivity index (χ0) is 18.6. The Labute approximate surface area is 160 Å². The molecule has 7 heteroatoms. The van der Waals surface area contributed by atoms with Crippen LogP contribution < -0.4 is 4.74 Å². The normalized spacial score (nSPS) is 16.7. The average molecular weight is 395 g/mol. The Hall–Kier alpha value is -1.41. The van der Waals surface area contributed by atoms with Gasteiger partial charge in [0.25, 0.3) is 10.0 Å². The molecule has 1 fully saturated rings. The lowest BCUT2D eigenvalue weighted by Crippen LogP contribution is -2.48. The third-order valence-corrected chi connectivity index (χ3v) is 8.08. The first kappa shape index (κ1) is 19.4. The van der Waals surface area contributed by atoms with Crippen LogP contribution in [0.2, 0.25) is 0 Å². The lowest BCUT2D eigenvalue weighted by molar-refractivity contribution is 0.187. The number of ether oxygens (including phenoxy) is 1. The van der Waals surface area contributed by atoms with E-state index in [1.54, 1.807) is 17.5 Å². The highest BCUT2D eigenvalue weighted by Crippen LogP contribution is 2.25. The Morgan fingerprint density at radius 3 is 2.54 bits per heavy atom. The van der Waals surface area contributed by atoms with Gasteiger partial charge >= 0.3 is 0 Å². The van der Waals surface area contributed by atoms with Crippen LogP contribution in [0.3, 0.4) is 0 Å². The summed E-state index contributed by atoms with van der Waals surface area (Å²) in [4.78, 5) is 3.38. The summed E-state index contributed by atoms with van der Waals surface area (Å²) in [6.07, 6.45) is 2.06. The van der Waals surface area contributed by atoms with Gasteiger partial charge < -0.3 is 9.64 Å². The zero-order valence-corrected chi connectivity index (χ0v) is 17.0. The molecule has 0 spiro atoms. The van der Waals surface area contributed by atoms with E-state index in [0.29, 0.717) is 17.3 Å². The number of benzene rings is 1. The number of piperazine rings is 1. The maximum Gasteiger partial charge on any atom is 0.252 e. The van der Waals surface area contributed by atoms with Gasteiger partial charge in [-0.3, -0.25) is 0 Å². The topological polar surface area (TPSA) is 49.9 Å². The Kier molecular flexibility index (Phi) is 6.34. The van der Waals surface area contributed by atoms with E-state index in [0.717, 1.165) is 43.1 Å². The summed E-state index contributed by atoms with van der Waals surface area (Å²) in [5.74, 6) is 0.894. The lowest BCUT2D eigenvalue weighted by atomic mass is 10.1. The fourth-order valence-electron chi connectivity index (χ4n) is 3.21. The van der Waals surface area contributed by atoms with Crippen molar-refractivity contribution in [3.8, 4) is 5.75 Å². The van der Waals surface area contributed by atoms with Gasteiger partial charge in [-0.15, -0.1) is 11.3 Å². The van der Waals surface area contributed by atoms with Crippen LogP contribution in [0, 0.1) is 6.92 Å². The van der Waals surface area contributed by atoms with Gasteiger partial charge in [0.05, 0.1) is 7.11 Å². The standard InChI is InChI=1S/C19H26N2O3S2/c1-16-8-9-19(25-16)26(22,23)21-13-11-20(12-14-21)10-4-6-17-5-3-7-18(15-17)24-2/h3,5,7-9,15H,4,6,10-14H2,1-2H3. The van der Waals surface area contributed by atoms with Crippen molar-refractivity contribution in [1.82, 2.24) is 9.21 Å². The van der Waals surface area contributed by atoms with Crippen LogP contribution in [0.4, 0.5) is 0 Å². The predicted molar refractivity (Wildman–Crippen MR) is 106 cm³/mol. The molecule has 0 aliphatic carbocycles. The van der Waals surface area contributed by atoms with Crippen LogP contribution in [-0.2, 0) is 16.4 Å². The third-order valence-electron chi connectivity index (χ3n) is 4.72. The molecule has 0 N–H and O–H groups in total. The van der Waals surface area contributed by atoms with E-state index in [4.69, 9.17) is 4.74 Å². The van der Waals surface area contributed by atoms with Gasteiger partial charge in [0.15, 0.2) is 0 Å². The van der Waals surface area contributed by atoms with Gasteiger partial charge in [-0.25, -0.2) is 8.42 Å². The molecule has 0 unspecified atom stereocenters. The first-order valence-electron chi connectivity index (χ1n) is 8.91. The molecule has 1 aromatic carbocycles. The third kappa shape index (κ3) is 4.65. The Bertz CT molecular complexity index is 825. The van der Waals surface area contributed by atoms with E-state index in [-0.39, 0.29) is 0 Å². The minimum atomic E-state index is -3.32. The largest absolute Gasteiger partial charge is 0.497 e. The van der Waals surface area contributed by atoms with Crippen molar-refractivity contribution in [2.75, 3.05) is 39.8 Å². The molecule has 5 nitrogen and oxygen atoms in total. The number of nitrogens with zero attached hydrogens (tertiary/aromatic N) is 2. The monoisotopic (exact) mass is 394 g/mol. The summed E-state index contributed by atoms with van der Waals surface area (Å²) >= 11 is 1.35. The van der Waals surface area contributed by atoms with E-state index in [1.807, 2.05) is 25.1 Å². The van der Waals surface area contributed by atoms with E-state index in [1.165, 1.54) is 16.9 Å². The van der Waals surface area contributed by atoms with Crippen molar-refractivity contribution in [2.24, 2.45) is 0 Å². The molecule has 1 saturated heterocycles. The second-order valence-corrected chi connectivity index (χ2v) is 10.0. The number of sulfonamides is 1. The summed E-state index contributed by atoms with van der Waals surface area (Å²) in [7, 11) is -1.64. The fraction of sp³-hybridized carbons (Fsp3) is 0.474. The highest BCUT2D eigenvalue weighted by molar-refractivity contribution is 7.91. The summed E-state index contributed by atoms with van der Waals surface area (Å²) in [5, 5.41) is 0. The minimum Gasteiger partial charge on any atom is -0.497 e. The molecule has 0 bridgehead atoms. The van der Waals surface area contributed by atoms with E-state index in [9.17, 15) is 8.42 Å². The molecule has 2 heterocycles. The summed E-state index contributed by atoms with van der Waals surface area (Å²) in [6, 6.07) is 11.8. The highest BCUT2D eigenvalue weighted by Gasteiger charge is 2.29.